The van der Waals surface area contributed by atoms with E-state index in [1.807, 2.05) is 17.1 Å². The number of hydrogen-bond acceptors (Lipinski definition) is 6. The highest BCUT2D eigenvalue weighted by Crippen LogP contribution is 2.26. The Hall–Kier alpha value is -0.630. The first kappa shape index (κ1) is 12.8. The molecule has 2 rings (SSSR count). The van der Waals surface area contributed by atoms with E-state index in [1.54, 1.807) is 0 Å². The van der Waals surface area contributed by atoms with Crippen LogP contribution in [-0.2, 0) is 10.5 Å². The fraction of sp³-hybridized carbons (Fsp3) is 0.600. The van der Waals surface area contributed by atoms with Gasteiger partial charge in [0, 0.05) is 29.6 Å². The molecule has 1 fully saturated rings. The highest BCUT2D eigenvalue weighted by Gasteiger charge is 2.15. The van der Waals surface area contributed by atoms with Crippen molar-refractivity contribution in [2.45, 2.75) is 23.8 Å². The lowest BCUT2D eigenvalue weighted by atomic mass is 10.2. The van der Waals surface area contributed by atoms with Gasteiger partial charge in [0.25, 0.3) is 5.91 Å². The van der Waals surface area contributed by atoms with E-state index in [0.29, 0.717) is 10.3 Å². The fourth-order valence-corrected chi connectivity index (χ4v) is 3.49. The quantitative estimate of drug-likeness (QED) is 0.489. The van der Waals surface area contributed by atoms with Gasteiger partial charge in [0.2, 0.25) is 0 Å². The Morgan fingerprint density at radius 1 is 1.65 bits per heavy atom. The summed E-state index contributed by atoms with van der Waals surface area (Å²) < 4.78 is 5.31. The number of carbonyl (C=O) groups excluding carboxylic acids is 1. The lowest BCUT2D eigenvalue weighted by Gasteiger charge is -2.20. The summed E-state index contributed by atoms with van der Waals surface area (Å²) in [6.45, 7) is 1.71. The molecule has 7 heteroatoms. The predicted molar refractivity (Wildman–Crippen MR) is 68.9 cm³/mol. The molecule has 1 aromatic rings. The number of carbonyl (C=O) groups is 1. The van der Waals surface area contributed by atoms with Gasteiger partial charge in [-0.3, -0.25) is 10.2 Å². The fourth-order valence-electron chi connectivity index (χ4n) is 1.59. The number of nitrogen functional groups attached to an aromatic ring is 1. The molecule has 0 atom stereocenters. The van der Waals surface area contributed by atoms with E-state index in [9.17, 15) is 4.79 Å². The van der Waals surface area contributed by atoms with E-state index < -0.39 is 0 Å². The molecular weight excluding hydrogens is 258 g/mol. The van der Waals surface area contributed by atoms with Crippen LogP contribution in [0.1, 0.15) is 28.3 Å². The third kappa shape index (κ3) is 3.67. The summed E-state index contributed by atoms with van der Waals surface area (Å²) in [7, 11) is 0. The van der Waals surface area contributed by atoms with Gasteiger partial charge in [0.15, 0.2) is 5.01 Å². The first-order chi connectivity index (χ1) is 8.29. The average Bonchev–Trinajstić information content (AvgIpc) is 2.85. The summed E-state index contributed by atoms with van der Waals surface area (Å²) in [5, 5.41) is 2.99. The molecule has 0 unspecified atom stereocenters. The number of thiazole rings is 1. The Morgan fingerprint density at radius 3 is 3.12 bits per heavy atom. The van der Waals surface area contributed by atoms with Crippen molar-refractivity contribution in [3.63, 3.8) is 0 Å². The van der Waals surface area contributed by atoms with Crippen molar-refractivity contribution < 1.29 is 9.53 Å². The van der Waals surface area contributed by atoms with Crippen molar-refractivity contribution >= 4 is 29.0 Å². The summed E-state index contributed by atoms with van der Waals surface area (Å²) in [4.78, 5) is 15.5. The molecule has 5 nitrogen and oxygen atoms in total. The van der Waals surface area contributed by atoms with E-state index >= 15 is 0 Å². The molecule has 94 valence electrons. The van der Waals surface area contributed by atoms with Gasteiger partial charge < -0.3 is 4.74 Å². The zero-order chi connectivity index (χ0) is 12.1. The maximum absolute atomic E-state index is 11.2. The highest BCUT2D eigenvalue weighted by molar-refractivity contribution is 7.99. The van der Waals surface area contributed by atoms with Crippen LogP contribution in [-0.4, -0.2) is 29.4 Å². The lowest BCUT2D eigenvalue weighted by molar-refractivity contribution is 0.0953. The summed E-state index contributed by atoms with van der Waals surface area (Å²) in [5.74, 6) is 5.58. The van der Waals surface area contributed by atoms with Gasteiger partial charge in [-0.2, -0.15) is 11.8 Å². The number of amides is 1. The number of hydrazine groups is 1. The van der Waals surface area contributed by atoms with Gasteiger partial charge in [-0.15, -0.1) is 11.3 Å². The molecule has 0 bridgehead atoms. The third-order valence-corrected chi connectivity index (χ3v) is 4.81. The van der Waals surface area contributed by atoms with Crippen molar-refractivity contribution in [2.75, 3.05) is 13.2 Å². The topological polar surface area (TPSA) is 77.2 Å². The minimum Gasteiger partial charge on any atom is -0.381 e. The Kier molecular flexibility index (Phi) is 4.78. The van der Waals surface area contributed by atoms with Crippen molar-refractivity contribution in [2.24, 2.45) is 5.84 Å². The number of nitrogens with two attached hydrogens (primary N) is 1. The molecular formula is C10H15N3O2S2. The Balaban J connectivity index is 1.82. The number of nitrogens with zero attached hydrogens (tertiary/aromatic N) is 1. The van der Waals surface area contributed by atoms with Gasteiger partial charge in [-0.05, 0) is 12.8 Å². The SMILES string of the molecule is NNC(=O)c1nc(CSC2CCOCC2)cs1. The van der Waals surface area contributed by atoms with Crippen LogP contribution in [0.5, 0.6) is 0 Å². The summed E-state index contributed by atoms with van der Waals surface area (Å²) in [6, 6.07) is 0. The van der Waals surface area contributed by atoms with Crippen LogP contribution in [0.3, 0.4) is 0 Å². The Morgan fingerprint density at radius 2 is 2.41 bits per heavy atom. The van der Waals surface area contributed by atoms with Crippen LogP contribution in [0.25, 0.3) is 0 Å². The number of ether oxygens (including phenoxy) is 1. The number of thioether (sulfide) groups is 1. The summed E-state index contributed by atoms with van der Waals surface area (Å²) >= 11 is 3.21. The van der Waals surface area contributed by atoms with Gasteiger partial charge in [-0.1, -0.05) is 0 Å². The molecule has 0 saturated carbocycles. The molecule has 1 aliphatic rings. The lowest BCUT2D eigenvalue weighted by Crippen LogP contribution is -2.29. The van der Waals surface area contributed by atoms with Crippen LogP contribution >= 0.6 is 23.1 Å². The number of hydrogen-bond donors (Lipinski definition) is 2. The van der Waals surface area contributed by atoms with Gasteiger partial charge in [-0.25, -0.2) is 10.8 Å². The molecule has 17 heavy (non-hydrogen) atoms. The van der Waals surface area contributed by atoms with Crippen LogP contribution in [0.4, 0.5) is 0 Å². The van der Waals surface area contributed by atoms with E-state index in [4.69, 9.17) is 10.6 Å². The normalized spacial score (nSPS) is 17.0. The van der Waals surface area contributed by atoms with Crippen molar-refractivity contribution in [1.29, 1.82) is 0 Å². The smallest absolute Gasteiger partial charge is 0.294 e. The minimum absolute atomic E-state index is 0.322. The highest BCUT2D eigenvalue weighted by atomic mass is 32.2. The second-order valence-corrected chi connectivity index (χ2v) is 5.89. The average molecular weight is 273 g/mol. The predicted octanol–water partition coefficient (Wildman–Crippen LogP) is 1.16. The summed E-state index contributed by atoms with van der Waals surface area (Å²) in [5.41, 5.74) is 3.03. The molecule has 2 heterocycles. The standard InChI is InChI=1S/C10H15N3O2S2/c11-13-9(14)10-12-7(6-17-10)5-16-8-1-3-15-4-2-8/h6,8H,1-5,11H2,(H,13,14). The Labute approximate surface area is 108 Å². The second kappa shape index (κ2) is 6.34. The zero-order valence-corrected chi connectivity index (χ0v) is 11.0. The maximum Gasteiger partial charge on any atom is 0.294 e. The molecule has 0 spiro atoms. The molecule has 3 N–H and O–H groups in total. The van der Waals surface area contributed by atoms with Crippen molar-refractivity contribution in [3.8, 4) is 0 Å². The molecule has 0 aromatic carbocycles. The van der Waals surface area contributed by atoms with E-state index in [0.717, 1.165) is 37.5 Å². The molecule has 1 amide bonds. The monoisotopic (exact) mass is 273 g/mol. The largest absolute Gasteiger partial charge is 0.381 e. The molecule has 1 aromatic heterocycles. The number of rotatable bonds is 4. The second-order valence-electron chi connectivity index (χ2n) is 3.74. The van der Waals surface area contributed by atoms with Gasteiger partial charge in [0.1, 0.15) is 0 Å². The first-order valence-electron chi connectivity index (χ1n) is 5.44. The zero-order valence-electron chi connectivity index (χ0n) is 9.35. The maximum atomic E-state index is 11.2. The Bertz CT molecular complexity index is 377. The van der Waals surface area contributed by atoms with E-state index in [-0.39, 0.29) is 5.91 Å². The number of nitrogens with one attached hydrogen (secondary N) is 1. The first-order valence-corrected chi connectivity index (χ1v) is 7.37. The van der Waals surface area contributed by atoms with Crippen LogP contribution < -0.4 is 11.3 Å². The van der Waals surface area contributed by atoms with Crippen molar-refractivity contribution in [1.82, 2.24) is 10.4 Å². The molecule has 1 aliphatic heterocycles. The van der Waals surface area contributed by atoms with E-state index in [1.165, 1.54) is 11.3 Å². The molecule has 0 radical (unpaired) electrons. The molecule has 0 aliphatic carbocycles. The van der Waals surface area contributed by atoms with E-state index in [2.05, 4.69) is 10.4 Å². The van der Waals surface area contributed by atoms with Gasteiger partial charge in [0.05, 0.1) is 5.69 Å². The van der Waals surface area contributed by atoms with Crippen LogP contribution in [0.2, 0.25) is 0 Å². The van der Waals surface area contributed by atoms with Crippen LogP contribution in [0, 0.1) is 0 Å². The number of aromatic nitrogens is 1. The van der Waals surface area contributed by atoms with Gasteiger partial charge >= 0.3 is 0 Å². The van der Waals surface area contributed by atoms with Crippen molar-refractivity contribution in [3.05, 3.63) is 16.1 Å². The summed E-state index contributed by atoms with van der Waals surface area (Å²) in [6.07, 6.45) is 2.20. The van der Waals surface area contributed by atoms with Crippen LogP contribution in [0.15, 0.2) is 5.38 Å². The molecule has 1 saturated heterocycles. The third-order valence-electron chi connectivity index (χ3n) is 2.51. The minimum atomic E-state index is -0.322.